The minimum atomic E-state index is 0.220. The van der Waals surface area contributed by atoms with Crippen molar-refractivity contribution in [2.45, 2.75) is 53.0 Å². The number of rotatable bonds is 6. The third-order valence-corrected chi connectivity index (χ3v) is 6.09. The van der Waals surface area contributed by atoms with Gasteiger partial charge >= 0.3 is 0 Å². The molecular weight excluding hydrogens is 344 g/mol. The summed E-state index contributed by atoms with van der Waals surface area (Å²) >= 11 is 0. The minimum absolute atomic E-state index is 0.220. The average Bonchev–Trinajstić information content (AvgIpc) is 3.06. The molecule has 0 radical (unpaired) electrons. The van der Waals surface area contributed by atoms with Crippen LogP contribution in [0, 0.1) is 13.8 Å². The molecule has 28 heavy (non-hydrogen) atoms. The standard InChI is InChI=1S/C25H30N2O/c1-4-5-15-26-16-14-21-22-18(2)11-12-19(3)23(22)27(24(21)25(26)28)17-13-20-9-7-6-8-10-20/h6-12H,4-5,13-17H2,1-3H3. The second kappa shape index (κ2) is 7.83. The first kappa shape index (κ1) is 18.8. The van der Waals surface area contributed by atoms with Crippen molar-refractivity contribution in [3.8, 4) is 0 Å². The Bertz CT molecular complexity index is 1000. The van der Waals surface area contributed by atoms with Gasteiger partial charge < -0.3 is 9.47 Å². The molecule has 0 atom stereocenters. The molecular formula is C25H30N2O. The lowest BCUT2D eigenvalue weighted by Gasteiger charge is -2.28. The van der Waals surface area contributed by atoms with Crippen molar-refractivity contribution in [3.05, 3.63) is 70.4 Å². The number of benzene rings is 2. The monoisotopic (exact) mass is 374 g/mol. The summed E-state index contributed by atoms with van der Waals surface area (Å²) in [6.45, 7) is 9.09. The Morgan fingerprint density at radius 3 is 2.46 bits per heavy atom. The number of aromatic nitrogens is 1. The normalized spacial score (nSPS) is 14.0. The van der Waals surface area contributed by atoms with Crippen molar-refractivity contribution in [2.24, 2.45) is 0 Å². The molecule has 0 N–H and O–H groups in total. The lowest BCUT2D eigenvalue weighted by Crippen LogP contribution is -2.39. The zero-order chi connectivity index (χ0) is 19.7. The highest BCUT2D eigenvalue weighted by Crippen LogP contribution is 2.35. The number of aryl methyl sites for hydroxylation is 4. The molecule has 0 spiro atoms. The molecule has 0 fully saturated rings. The van der Waals surface area contributed by atoms with E-state index in [0.29, 0.717) is 0 Å². The molecule has 1 aliphatic rings. The third-order valence-electron chi connectivity index (χ3n) is 6.09. The van der Waals surface area contributed by atoms with E-state index < -0.39 is 0 Å². The van der Waals surface area contributed by atoms with E-state index in [0.717, 1.165) is 51.0 Å². The van der Waals surface area contributed by atoms with E-state index in [1.54, 1.807) is 0 Å². The summed E-state index contributed by atoms with van der Waals surface area (Å²) in [5, 5.41) is 1.31. The summed E-state index contributed by atoms with van der Waals surface area (Å²) in [5.74, 6) is 0.220. The number of carbonyl (C=O) groups is 1. The Kier molecular flexibility index (Phi) is 5.25. The maximum Gasteiger partial charge on any atom is 0.270 e. The maximum absolute atomic E-state index is 13.5. The van der Waals surface area contributed by atoms with Gasteiger partial charge in [0, 0.05) is 25.0 Å². The van der Waals surface area contributed by atoms with Gasteiger partial charge in [-0.15, -0.1) is 0 Å². The van der Waals surface area contributed by atoms with E-state index in [-0.39, 0.29) is 5.91 Å². The fourth-order valence-corrected chi connectivity index (χ4v) is 4.58. The van der Waals surface area contributed by atoms with E-state index in [4.69, 9.17) is 0 Å². The van der Waals surface area contributed by atoms with Gasteiger partial charge in [0.25, 0.3) is 5.91 Å². The van der Waals surface area contributed by atoms with Crippen molar-refractivity contribution in [1.29, 1.82) is 0 Å². The van der Waals surface area contributed by atoms with Crippen LogP contribution in [0.5, 0.6) is 0 Å². The largest absolute Gasteiger partial charge is 0.337 e. The average molecular weight is 375 g/mol. The molecule has 0 aliphatic carbocycles. The predicted octanol–water partition coefficient (Wildman–Crippen LogP) is 5.30. The zero-order valence-electron chi connectivity index (χ0n) is 17.3. The van der Waals surface area contributed by atoms with Crippen molar-refractivity contribution in [2.75, 3.05) is 13.1 Å². The first-order chi connectivity index (χ1) is 13.6. The van der Waals surface area contributed by atoms with Gasteiger partial charge in [0.05, 0.1) is 5.52 Å². The van der Waals surface area contributed by atoms with Gasteiger partial charge in [-0.2, -0.15) is 0 Å². The van der Waals surface area contributed by atoms with E-state index in [9.17, 15) is 4.79 Å². The van der Waals surface area contributed by atoms with E-state index in [1.807, 2.05) is 0 Å². The lowest BCUT2D eigenvalue weighted by molar-refractivity contribution is 0.0726. The predicted molar refractivity (Wildman–Crippen MR) is 116 cm³/mol. The SMILES string of the molecule is CCCCN1CCc2c(n(CCc3ccccc3)c3c(C)ccc(C)c23)C1=O. The van der Waals surface area contributed by atoms with Gasteiger partial charge in [-0.1, -0.05) is 55.8 Å². The van der Waals surface area contributed by atoms with E-state index in [2.05, 4.69) is 72.7 Å². The molecule has 1 amide bonds. The Hall–Kier alpha value is -2.55. The van der Waals surface area contributed by atoms with Gasteiger partial charge in [-0.3, -0.25) is 4.79 Å². The smallest absolute Gasteiger partial charge is 0.270 e. The highest BCUT2D eigenvalue weighted by atomic mass is 16.2. The molecule has 3 aromatic rings. The molecule has 2 aromatic carbocycles. The molecule has 3 nitrogen and oxygen atoms in total. The van der Waals surface area contributed by atoms with Gasteiger partial charge in [0.15, 0.2) is 0 Å². The Morgan fingerprint density at radius 1 is 0.964 bits per heavy atom. The molecule has 2 heterocycles. The molecule has 4 rings (SSSR count). The number of nitrogens with zero attached hydrogens (tertiary/aromatic N) is 2. The van der Waals surface area contributed by atoms with Crippen LogP contribution >= 0.6 is 0 Å². The minimum Gasteiger partial charge on any atom is -0.337 e. The number of hydrogen-bond donors (Lipinski definition) is 0. The summed E-state index contributed by atoms with van der Waals surface area (Å²) in [4.78, 5) is 15.5. The Morgan fingerprint density at radius 2 is 1.71 bits per heavy atom. The zero-order valence-corrected chi connectivity index (χ0v) is 17.3. The van der Waals surface area contributed by atoms with Crippen molar-refractivity contribution in [3.63, 3.8) is 0 Å². The molecule has 3 heteroatoms. The molecule has 146 valence electrons. The van der Waals surface area contributed by atoms with Crippen molar-refractivity contribution in [1.82, 2.24) is 9.47 Å². The quantitative estimate of drug-likeness (QED) is 0.575. The molecule has 0 bridgehead atoms. The van der Waals surface area contributed by atoms with Crippen LogP contribution in [0.25, 0.3) is 10.9 Å². The summed E-state index contributed by atoms with van der Waals surface area (Å²) in [6.07, 6.45) is 4.09. The van der Waals surface area contributed by atoms with E-state index >= 15 is 0 Å². The molecule has 0 saturated carbocycles. The Labute approximate surface area is 168 Å². The summed E-state index contributed by atoms with van der Waals surface area (Å²) < 4.78 is 2.32. The van der Waals surface area contributed by atoms with Gasteiger partial charge in [-0.25, -0.2) is 0 Å². The third kappa shape index (κ3) is 3.23. The Balaban J connectivity index is 1.81. The van der Waals surface area contributed by atoms with Crippen LogP contribution in [0.1, 0.15) is 52.5 Å². The summed E-state index contributed by atoms with van der Waals surface area (Å²) in [7, 11) is 0. The summed E-state index contributed by atoms with van der Waals surface area (Å²) in [5.41, 5.74) is 7.31. The maximum atomic E-state index is 13.5. The van der Waals surface area contributed by atoms with Crippen LogP contribution in [0.2, 0.25) is 0 Å². The fraction of sp³-hybridized carbons (Fsp3) is 0.400. The van der Waals surface area contributed by atoms with Crippen LogP contribution in [0.3, 0.4) is 0 Å². The highest BCUT2D eigenvalue weighted by Gasteiger charge is 2.31. The van der Waals surface area contributed by atoms with Crippen molar-refractivity contribution < 1.29 is 4.79 Å². The topological polar surface area (TPSA) is 25.2 Å². The number of hydrogen-bond acceptors (Lipinski definition) is 1. The number of carbonyl (C=O) groups excluding carboxylic acids is 1. The molecule has 1 aromatic heterocycles. The van der Waals surface area contributed by atoms with Crippen LogP contribution in [0.4, 0.5) is 0 Å². The second-order valence-corrected chi connectivity index (χ2v) is 8.03. The van der Waals surface area contributed by atoms with Crippen LogP contribution in [-0.4, -0.2) is 28.5 Å². The number of amides is 1. The van der Waals surface area contributed by atoms with E-state index in [1.165, 1.54) is 33.2 Å². The number of fused-ring (bicyclic) bond motifs is 3. The lowest BCUT2D eigenvalue weighted by atomic mass is 9.98. The summed E-state index contributed by atoms with van der Waals surface area (Å²) in [6, 6.07) is 15.0. The highest BCUT2D eigenvalue weighted by molar-refractivity contribution is 6.04. The fourth-order valence-electron chi connectivity index (χ4n) is 4.58. The first-order valence-electron chi connectivity index (χ1n) is 10.6. The molecule has 0 saturated heterocycles. The number of unbranched alkanes of at least 4 members (excludes halogenated alkanes) is 1. The molecule has 1 aliphatic heterocycles. The van der Waals surface area contributed by atoms with Crippen LogP contribution in [0.15, 0.2) is 42.5 Å². The van der Waals surface area contributed by atoms with Gasteiger partial charge in [0.2, 0.25) is 0 Å². The van der Waals surface area contributed by atoms with Gasteiger partial charge in [-0.05, 0) is 55.4 Å². The van der Waals surface area contributed by atoms with Crippen LogP contribution < -0.4 is 0 Å². The first-order valence-corrected chi connectivity index (χ1v) is 10.6. The molecule has 0 unspecified atom stereocenters. The van der Waals surface area contributed by atoms with Gasteiger partial charge in [0.1, 0.15) is 5.69 Å². The van der Waals surface area contributed by atoms with Crippen molar-refractivity contribution >= 4 is 16.8 Å². The van der Waals surface area contributed by atoms with Crippen LogP contribution in [-0.2, 0) is 19.4 Å². The second-order valence-electron chi connectivity index (χ2n) is 8.03.